The van der Waals surface area contributed by atoms with Crippen LogP contribution in [0.1, 0.15) is 61.0 Å². The second-order valence-corrected chi connectivity index (χ2v) is 10.2. The summed E-state index contributed by atoms with van der Waals surface area (Å²) in [5.74, 6) is -0.706. The number of para-hydroxylation sites is 1. The Morgan fingerprint density at radius 1 is 0.935 bits per heavy atom. The lowest BCUT2D eigenvalue weighted by molar-refractivity contribution is -0.119. The van der Waals surface area contributed by atoms with Crippen LogP contribution in [0.3, 0.4) is 0 Å². The van der Waals surface area contributed by atoms with Crippen molar-refractivity contribution < 1.29 is 22.7 Å². The second kappa shape index (κ2) is 10.1. The molecule has 0 saturated heterocycles. The van der Waals surface area contributed by atoms with E-state index < -0.39 is 28.5 Å². The molecule has 0 bridgehead atoms. The second-order valence-electron chi connectivity index (χ2n) is 8.06. The Balaban J connectivity index is 2.08. The fourth-order valence-electron chi connectivity index (χ4n) is 3.06. The Hall–Kier alpha value is -2.71. The summed E-state index contributed by atoms with van der Waals surface area (Å²) in [6.45, 7) is 7.76. The monoisotopic (exact) mass is 446 g/mol. The number of hydrogen-bond acceptors (Lipinski definition) is 5. The predicted molar refractivity (Wildman–Crippen MR) is 121 cm³/mol. The van der Waals surface area contributed by atoms with E-state index in [9.17, 15) is 18.0 Å². The van der Waals surface area contributed by atoms with Crippen LogP contribution in [-0.4, -0.2) is 45.3 Å². The topological polar surface area (TPSA) is 92.8 Å². The summed E-state index contributed by atoms with van der Waals surface area (Å²) < 4.78 is 30.4. The number of rotatable bonds is 8. The smallest absolute Gasteiger partial charge is 0.338 e. The summed E-state index contributed by atoms with van der Waals surface area (Å²) in [7, 11) is -0.727. The number of carbonyl (C=O) groups is 2. The molecule has 0 spiro atoms. The quantitative estimate of drug-likeness (QED) is 0.619. The van der Waals surface area contributed by atoms with Crippen LogP contribution in [0.4, 0.5) is 5.69 Å². The van der Waals surface area contributed by atoms with Gasteiger partial charge < -0.3 is 10.1 Å². The van der Waals surface area contributed by atoms with E-state index in [4.69, 9.17) is 4.74 Å². The number of benzene rings is 2. The first kappa shape index (κ1) is 24.6. The lowest BCUT2D eigenvalue weighted by Crippen LogP contribution is -2.23. The minimum absolute atomic E-state index is 0.0679. The summed E-state index contributed by atoms with van der Waals surface area (Å²) in [6.07, 6.45) is 0. The summed E-state index contributed by atoms with van der Waals surface area (Å²) in [6, 6.07) is 11.3. The predicted octanol–water partition coefficient (Wildman–Crippen LogP) is 3.98. The number of nitrogens with one attached hydrogen (secondary N) is 1. The van der Waals surface area contributed by atoms with Crippen LogP contribution in [0, 0.1) is 0 Å². The summed E-state index contributed by atoms with van der Waals surface area (Å²) in [5.41, 5.74) is 2.95. The molecule has 2 aromatic carbocycles. The van der Waals surface area contributed by atoms with Gasteiger partial charge in [-0.25, -0.2) is 17.5 Å². The summed E-state index contributed by atoms with van der Waals surface area (Å²) in [4.78, 5) is 24.8. The fraction of sp³-hybridized carbons (Fsp3) is 0.391. The lowest BCUT2D eigenvalue weighted by atomic mass is 9.92. The van der Waals surface area contributed by atoms with Gasteiger partial charge in [-0.3, -0.25) is 4.79 Å². The van der Waals surface area contributed by atoms with Crippen molar-refractivity contribution in [3.8, 4) is 0 Å². The van der Waals surface area contributed by atoms with Gasteiger partial charge in [0.2, 0.25) is 10.0 Å². The van der Waals surface area contributed by atoms with Gasteiger partial charge in [-0.2, -0.15) is 0 Å². The van der Waals surface area contributed by atoms with E-state index in [-0.39, 0.29) is 22.3 Å². The third-order valence-electron chi connectivity index (χ3n) is 4.84. The molecule has 2 rings (SSSR count). The average Bonchev–Trinajstić information content (AvgIpc) is 2.71. The van der Waals surface area contributed by atoms with Crippen molar-refractivity contribution in [1.82, 2.24) is 4.31 Å². The highest BCUT2D eigenvalue weighted by Crippen LogP contribution is 2.32. The molecule has 8 heteroatoms. The van der Waals surface area contributed by atoms with E-state index in [0.29, 0.717) is 0 Å². The number of esters is 1. The molecule has 2 aromatic rings. The van der Waals surface area contributed by atoms with Crippen molar-refractivity contribution >= 4 is 27.6 Å². The van der Waals surface area contributed by atoms with Gasteiger partial charge in [-0.05, 0) is 47.2 Å². The molecule has 0 aliphatic rings. The SMILES string of the molecule is CC(C)c1cccc(C(C)C)c1NC(=O)COC(=O)c1ccc(S(=O)(=O)N(C)C)cc1. The van der Waals surface area contributed by atoms with E-state index in [1.54, 1.807) is 0 Å². The van der Waals surface area contributed by atoms with Gasteiger partial charge in [-0.15, -0.1) is 0 Å². The maximum absolute atomic E-state index is 12.5. The van der Waals surface area contributed by atoms with Crippen molar-refractivity contribution in [3.63, 3.8) is 0 Å². The van der Waals surface area contributed by atoms with Crippen molar-refractivity contribution in [2.45, 2.75) is 44.4 Å². The molecule has 0 aromatic heterocycles. The van der Waals surface area contributed by atoms with E-state index in [2.05, 4.69) is 33.0 Å². The van der Waals surface area contributed by atoms with E-state index in [1.807, 2.05) is 18.2 Å². The van der Waals surface area contributed by atoms with Crippen molar-refractivity contribution in [3.05, 3.63) is 59.2 Å². The lowest BCUT2D eigenvalue weighted by Gasteiger charge is -2.20. The molecule has 0 unspecified atom stereocenters. The minimum Gasteiger partial charge on any atom is -0.452 e. The highest BCUT2D eigenvalue weighted by atomic mass is 32.2. The largest absolute Gasteiger partial charge is 0.452 e. The number of hydrogen-bond donors (Lipinski definition) is 1. The van der Waals surface area contributed by atoms with Crippen LogP contribution in [0.2, 0.25) is 0 Å². The van der Waals surface area contributed by atoms with Crippen molar-refractivity contribution in [2.24, 2.45) is 0 Å². The molecule has 1 N–H and O–H groups in total. The molecule has 7 nitrogen and oxygen atoms in total. The summed E-state index contributed by atoms with van der Waals surface area (Å²) in [5, 5.41) is 2.89. The minimum atomic E-state index is -3.58. The molecule has 0 fully saturated rings. The van der Waals surface area contributed by atoms with Gasteiger partial charge in [0.1, 0.15) is 0 Å². The number of nitrogens with zero attached hydrogens (tertiary/aromatic N) is 1. The Bertz CT molecular complexity index is 1020. The third kappa shape index (κ3) is 5.92. The van der Waals surface area contributed by atoms with Crippen LogP contribution in [0.25, 0.3) is 0 Å². The normalized spacial score (nSPS) is 11.8. The number of ether oxygens (including phenoxy) is 1. The zero-order valence-electron chi connectivity index (χ0n) is 18.8. The molecule has 0 saturated carbocycles. The first-order valence-electron chi connectivity index (χ1n) is 10.1. The molecule has 1 amide bonds. The molecule has 0 radical (unpaired) electrons. The van der Waals surface area contributed by atoms with E-state index in [0.717, 1.165) is 21.1 Å². The Morgan fingerprint density at radius 3 is 1.90 bits per heavy atom. The molecule has 0 atom stereocenters. The molecular weight excluding hydrogens is 416 g/mol. The maximum Gasteiger partial charge on any atom is 0.338 e. The standard InChI is InChI=1S/C23H30N2O5S/c1-15(2)19-8-7-9-20(16(3)4)22(19)24-21(26)14-30-23(27)17-10-12-18(13-11-17)31(28,29)25(5)6/h7-13,15-16H,14H2,1-6H3,(H,24,26). The summed E-state index contributed by atoms with van der Waals surface area (Å²) >= 11 is 0. The van der Waals surface area contributed by atoms with Crippen LogP contribution < -0.4 is 5.32 Å². The number of amides is 1. The van der Waals surface area contributed by atoms with Gasteiger partial charge in [0.15, 0.2) is 6.61 Å². The van der Waals surface area contributed by atoms with E-state index >= 15 is 0 Å². The van der Waals surface area contributed by atoms with Gasteiger partial charge in [0.25, 0.3) is 5.91 Å². The number of carbonyl (C=O) groups excluding carboxylic acids is 2. The number of anilines is 1. The van der Waals surface area contributed by atoms with Crippen LogP contribution in [0.5, 0.6) is 0 Å². The first-order valence-corrected chi connectivity index (χ1v) is 11.5. The highest BCUT2D eigenvalue weighted by molar-refractivity contribution is 7.89. The maximum atomic E-state index is 12.5. The van der Waals surface area contributed by atoms with Gasteiger partial charge >= 0.3 is 5.97 Å². The van der Waals surface area contributed by atoms with Gasteiger partial charge in [0, 0.05) is 19.8 Å². The van der Waals surface area contributed by atoms with Gasteiger partial charge in [-0.1, -0.05) is 45.9 Å². The molecule has 0 aliphatic carbocycles. The molecule has 168 valence electrons. The molecule has 31 heavy (non-hydrogen) atoms. The highest BCUT2D eigenvalue weighted by Gasteiger charge is 2.19. The Kier molecular flexibility index (Phi) is 7.97. The zero-order chi connectivity index (χ0) is 23.3. The van der Waals surface area contributed by atoms with E-state index in [1.165, 1.54) is 38.4 Å². The van der Waals surface area contributed by atoms with Crippen molar-refractivity contribution in [1.29, 1.82) is 0 Å². The van der Waals surface area contributed by atoms with Gasteiger partial charge in [0.05, 0.1) is 10.5 Å². The van der Waals surface area contributed by atoms with Crippen molar-refractivity contribution in [2.75, 3.05) is 26.0 Å². The average molecular weight is 447 g/mol. The molecule has 0 heterocycles. The van der Waals surface area contributed by atoms with Crippen LogP contribution in [-0.2, 0) is 19.6 Å². The molecular formula is C23H30N2O5S. The third-order valence-corrected chi connectivity index (χ3v) is 6.67. The Morgan fingerprint density at radius 2 is 1.45 bits per heavy atom. The first-order chi connectivity index (χ1) is 14.4. The Labute approximate surface area is 184 Å². The fourth-order valence-corrected chi connectivity index (χ4v) is 3.96. The molecule has 0 aliphatic heterocycles. The zero-order valence-corrected chi connectivity index (χ0v) is 19.6. The van der Waals surface area contributed by atoms with Crippen LogP contribution in [0.15, 0.2) is 47.4 Å². The number of sulfonamides is 1. The van der Waals surface area contributed by atoms with Crippen LogP contribution >= 0.6 is 0 Å².